The van der Waals surface area contributed by atoms with Crippen LogP contribution in [0.15, 0.2) is 29.2 Å². The first kappa shape index (κ1) is 17.9. The number of nitrogens with one attached hydrogen (secondary N) is 1. The van der Waals surface area contributed by atoms with Crippen LogP contribution in [0.25, 0.3) is 0 Å². The van der Waals surface area contributed by atoms with Gasteiger partial charge in [-0.1, -0.05) is 31.5 Å². The highest BCUT2D eigenvalue weighted by Crippen LogP contribution is 2.19. The number of benzene rings is 1. The summed E-state index contributed by atoms with van der Waals surface area (Å²) in [5.41, 5.74) is 1.03. The lowest BCUT2D eigenvalue weighted by atomic mass is 9.97. The van der Waals surface area contributed by atoms with Crippen LogP contribution in [0.5, 0.6) is 0 Å². The van der Waals surface area contributed by atoms with Crippen molar-refractivity contribution in [2.75, 3.05) is 19.6 Å². The lowest BCUT2D eigenvalue weighted by Gasteiger charge is -2.34. The predicted octanol–water partition coefficient (Wildman–Crippen LogP) is 2.17. The fourth-order valence-corrected chi connectivity index (χ4v) is 3.94. The third-order valence-electron chi connectivity index (χ3n) is 4.22. The van der Waals surface area contributed by atoms with E-state index < -0.39 is 10.0 Å². The fourth-order valence-electron chi connectivity index (χ4n) is 2.83. The van der Waals surface area contributed by atoms with Gasteiger partial charge in [-0.05, 0) is 37.8 Å². The molecule has 1 fully saturated rings. The van der Waals surface area contributed by atoms with Gasteiger partial charge in [0.1, 0.15) is 0 Å². The Morgan fingerprint density at radius 3 is 2.57 bits per heavy atom. The Bertz CT molecular complexity index is 638. The zero-order chi connectivity index (χ0) is 17.0. The Kier molecular flexibility index (Phi) is 5.81. The molecule has 1 amide bonds. The fraction of sp³-hybridized carbons (Fsp3) is 0.588. The molecule has 6 heteroatoms. The highest BCUT2D eigenvalue weighted by molar-refractivity contribution is 7.89. The van der Waals surface area contributed by atoms with Crippen molar-refractivity contribution >= 4 is 15.9 Å². The van der Waals surface area contributed by atoms with Gasteiger partial charge in [0.05, 0.1) is 4.90 Å². The minimum atomic E-state index is -3.48. The molecule has 2 rings (SSSR count). The first-order chi connectivity index (χ1) is 10.8. The summed E-state index contributed by atoms with van der Waals surface area (Å²) in [6, 6.07) is 6.82. The van der Waals surface area contributed by atoms with Gasteiger partial charge in [0.2, 0.25) is 15.9 Å². The number of amides is 1. The molecule has 1 aliphatic heterocycles. The van der Waals surface area contributed by atoms with Gasteiger partial charge in [-0.25, -0.2) is 13.1 Å². The smallest absolute Gasteiger partial charge is 0.240 e. The number of nitrogens with zero attached hydrogens (tertiary/aromatic N) is 1. The average molecular weight is 338 g/mol. The highest BCUT2D eigenvalue weighted by atomic mass is 32.2. The predicted molar refractivity (Wildman–Crippen MR) is 90.5 cm³/mol. The molecule has 5 nitrogen and oxygen atoms in total. The topological polar surface area (TPSA) is 66.5 Å². The van der Waals surface area contributed by atoms with Crippen LogP contribution < -0.4 is 4.72 Å². The Labute approximate surface area is 139 Å². The quantitative estimate of drug-likeness (QED) is 0.895. The molecule has 0 bridgehead atoms. The van der Waals surface area contributed by atoms with Gasteiger partial charge >= 0.3 is 0 Å². The molecule has 0 radical (unpaired) electrons. The molecule has 128 valence electrons. The van der Waals surface area contributed by atoms with E-state index in [4.69, 9.17) is 0 Å². The van der Waals surface area contributed by atoms with Crippen molar-refractivity contribution in [3.8, 4) is 0 Å². The van der Waals surface area contributed by atoms with Crippen LogP contribution in [-0.4, -0.2) is 38.9 Å². The van der Waals surface area contributed by atoms with Crippen LogP contribution in [0, 0.1) is 18.8 Å². The van der Waals surface area contributed by atoms with Gasteiger partial charge in [0, 0.05) is 25.6 Å². The third-order valence-corrected chi connectivity index (χ3v) is 5.66. The number of carbonyl (C=O) groups is 1. The summed E-state index contributed by atoms with van der Waals surface area (Å²) in [7, 11) is -3.48. The average Bonchev–Trinajstić information content (AvgIpc) is 2.53. The molecular weight excluding hydrogens is 312 g/mol. The van der Waals surface area contributed by atoms with E-state index in [1.54, 1.807) is 24.3 Å². The molecule has 1 aromatic carbocycles. The molecule has 1 aliphatic rings. The van der Waals surface area contributed by atoms with Gasteiger partial charge in [0.15, 0.2) is 0 Å². The van der Waals surface area contributed by atoms with E-state index >= 15 is 0 Å². The van der Waals surface area contributed by atoms with Gasteiger partial charge in [-0.15, -0.1) is 0 Å². The third kappa shape index (κ3) is 4.78. The van der Waals surface area contributed by atoms with Crippen LogP contribution >= 0.6 is 0 Å². The van der Waals surface area contributed by atoms with Crippen molar-refractivity contribution in [1.29, 1.82) is 0 Å². The number of aryl methyl sites for hydroxylation is 1. The Morgan fingerprint density at radius 2 is 1.96 bits per heavy atom. The summed E-state index contributed by atoms with van der Waals surface area (Å²) >= 11 is 0. The molecule has 1 N–H and O–H groups in total. The maximum atomic E-state index is 12.3. The maximum absolute atomic E-state index is 12.3. The number of sulfonamides is 1. The van der Waals surface area contributed by atoms with E-state index in [0.717, 1.165) is 24.9 Å². The van der Waals surface area contributed by atoms with Gasteiger partial charge < -0.3 is 4.90 Å². The van der Waals surface area contributed by atoms with Crippen molar-refractivity contribution in [2.24, 2.45) is 11.8 Å². The lowest BCUT2D eigenvalue weighted by Crippen LogP contribution is -2.45. The summed E-state index contributed by atoms with van der Waals surface area (Å²) in [4.78, 5) is 14.2. The second-order valence-corrected chi connectivity index (χ2v) is 8.38. The summed E-state index contributed by atoms with van der Waals surface area (Å²) in [5.74, 6) is 0.306. The molecule has 1 saturated heterocycles. The van der Waals surface area contributed by atoms with E-state index in [-0.39, 0.29) is 22.6 Å². The van der Waals surface area contributed by atoms with Crippen LogP contribution in [-0.2, 0) is 14.8 Å². The van der Waals surface area contributed by atoms with Crippen molar-refractivity contribution < 1.29 is 13.2 Å². The highest BCUT2D eigenvalue weighted by Gasteiger charge is 2.26. The zero-order valence-corrected chi connectivity index (χ0v) is 14.9. The van der Waals surface area contributed by atoms with Crippen LogP contribution in [0.2, 0.25) is 0 Å². The van der Waals surface area contributed by atoms with Gasteiger partial charge in [-0.3, -0.25) is 4.79 Å². The van der Waals surface area contributed by atoms with Crippen LogP contribution in [0.3, 0.4) is 0 Å². The zero-order valence-electron chi connectivity index (χ0n) is 14.1. The number of likely N-dealkylation sites (tertiary alicyclic amines) is 1. The molecule has 1 aromatic rings. The molecule has 0 saturated carbocycles. The maximum Gasteiger partial charge on any atom is 0.240 e. The normalized spacial score (nSPS) is 19.1. The van der Waals surface area contributed by atoms with E-state index in [2.05, 4.69) is 4.72 Å². The lowest BCUT2D eigenvalue weighted by molar-refractivity contribution is -0.136. The Balaban J connectivity index is 1.94. The van der Waals surface area contributed by atoms with Crippen molar-refractivity contribution in [3.05, 3.63) is 29.8 Å². The molecule has 0 spiro atoms. The van der Waals surface area contributed by atoms with Crippen LogP contribution in [0.1, 0.15) is 32.3 Å². The number of hydrogen-bond donors (Lipinski definition) is 1. The minimum absolute atomic E-state index is 0.0157. The summed E-state index contributed by atoms with van der Waals surface area (Å²) in [6.45, 7) is 7.49. The number of rotatable bonds is 5. The number of hydrogen-bond acceptors (Lipinski definition) is 3. The standard InChI is InChI=1S/C17H26N2O3S/c1-13(2)17(20)19-10-4-5-15(12-19)11-18-23(21,22)16-8-6-14(3)7-9-16/h6-9,13,15,18H,4-5,10-12H2,1-3H3/t15-/m1/s1. The van der Waals surface area contributed by atoms with E-state index in [1.807, 2.05) is 25.7 Å². The Hall–Kier alpha value is -1.40. The number of piperidine rings is 1. The second kappa shape index (κ2) is 7.45. The SMILES string of the molecule is Cc1ccc(S(=O)(=O)NC[C@H]2CCCN(C(=O)C(C)C)C2)cc1. The Morgan fingerprint density at radius 1 is 1.30 bits per heavy atom. The van der Waals surface area contributed by atoms with Gasteiger partial charge in [-0.2, -0.15) is 0 Å². The van der Waals surface area contributed by atoms with E-state index in [1.165, 1.54) is 0 Å². The monoisotopic (exact) mass is 338 g/mol. The van der Waals surface area contributed by atoms with Gasteiger partial charge in [0.25, 0.3) is 0 Å². The molecule has 0 unspecified atom stereocenters. The summed E-state index contributed by atoms with van der Waals surface area (Å²) < 4.78 is 27.3. The molecule has 0 aromatic heterocycles. The summed E-state index contributed by atoms with van der Waals surface area (Å²) in [6.07, 6.45) is 1.87. The first-order valence-corrected chi connectivity index (χ1v) is 9.63. The van der Waals surface area contributed by atoms with E-state index in [9.17, 15) is 13.2 Å². The van der Waals surface area contributed by atoms with Crippen molar-refractivity contribution in [2.45, 2.75) is 38.5 Å². The van der Waals surface area contributed by atoms with Crippen molar-refractivity contribution in [1.82, 2.24) is 9.62 Å². The first-order valence-electron chi connectivity index (χ1n) is 8.14. The second-order valence-electron chi connectivity index (χ2n) is 6.61. The molecule has 0 aliphatic carbocycles. The largest absolute Gasteiger partial charge is 0.342 e. The summed E-state index contributed by atoms with van der Waals surface area (Å²) in [5, 5.41) is 0. The minimum Gasteiger partial charge on any atom is -0.342 e. The molecular formula is C17H26N2O3S. The van der Waals surface area contributed by atoms with Crippen molar-refractivity contribution in [3.63, 3.8) is 0 Å². The molecule has 1 atom stereocenters. The number of carbonyl (C=O) groups excluding carboxylic acids is 1. The molecule has 23 heavy (non-hydrogen) atoms. The van der Waals surface area contributed by atoms with E-state index in [0.29, 0.717) is 13.1 Å². The van der Waals surface area contributed by atoms with Crippen LogP contribution in [0.4, 0.5) is 0 Å². The molecule has 1 heterocycles.